The summed E-state index contributed by atoms with van der Waals surface area (Å²) in [5.74, 6) is 0. The molecule has 0 amide bonds. The molecule has 0 saturated heterocycles. The van der Waals surface area contributed by atoms with Crippen LogP contribution in [0, 0.1) is 0 Å². The van der Waals surface area contributed by atoms with E-state index in [1.54, 1.807) is 11.1 Å². The first kappa shape index (κ1) is 9.96. The molecule has 0 atom stereocenters. The minimum Gasteiger partial charge on any atom is -1.00 e. The predicted octanol–water partition coefficient (Wildman–Crippen LogP) is -1.61. The fraction of sp³-hybridized carbons (Fsp3) is 0.500. The summed E-state index contributed by atoms with van der Waals surface area (Å²) in [7, 11) is 2.09. The molecule has 1 aliphatic carbocycles. The first-order chi connectivity index (χ1) is 5.36. The van der Waals surface area contributed by atoms with Gasteiger partial charge in [0.2, 0.25) is 0 Å². The highest BCUT2D eigenvalue weighted by Gasteiger charge is 2.11. The summed E-state index contributed by atoms with van der Waals surface area (Å²) >= 11 is 0. The second kappa shape index (κ2) is 4.21. The Bertz CT molecular complexity index is 271. The highest BCUT2D eigenvalue weighted by Crippen LogP contribution is 2.18. The van der Waals surface area contributed by atoms with E-state index in [2.05, 4.69) is 30.1 Å². The minimum atomic E-state index is 0. The van der Waals surface area contributed by atoms with Gasteiger partial charge in [0.15, 0.2) is 12.4 Å². The van der Waals surface area contributed by atoms with E-state index in [4.69, 9.17) is 0 Å². The highest BCUT2D eigenvalue weighted by atomic mass is 127. The van der Waals surface area contributed by atoms with Gasteiger partial charge in [0.05, 0.1) is 0 Å². The number of fused-ring (bicyclic) bond motifs is 1. The van der Waals surface area contributed by atoms with Crippen molar-refractivity contribution >= 4 is 0 Å². The quantitative estimate of drug-likeness (QED) is 0.396. The Labute approximate surface area is 90.8 Å². The average Bonchev–Trinajstić information content (AvgIpc) is 2.04. The van der Waals surface area contributed by atoms with Crippen molar-refractivity contribution in [2.24, 2.45) is 7.05 Å². The summed E-state index contributed by atoms with van der Waals surface area (Å²) in [5, 5.41) is 0. The van der Waals surface area contributed by atoms with Crippen LogP contribution in [-0.2, 0) is 19.9 Å². The summed E-state index contributed by atoms with van der Waals surface area (Å²) in [6.07, 6.45) is 9.72. The fourth-order valence-electron chi connectivity index (χ4n) is 1.79. The van der Waals surface area contributed by atoms with E-state index in [1.807, 2.05) is 0 Å². The van der Waals surface area contributed by atoms with Crippen molar-refractivity contribution in [1.82, 2.24) is 0 Å². The van der Waals surface area contributed by atoms with Crippen LogP contribution in [0.4, 0.5) is 0 Å². The molecule has 1 aromatic rings. The molecule has 0 spiro atoms. The third-order valence-corrected chi connectivity index (χ3v) is 2.43. The Morgan fingerprint density at radius 1 is 1.17 bits per heavy atom. The normalized spacial score (nSPS) is 14.8. The van der Waals surface area contributed by atoms with Gasteiger partial charge in [0.1, 0.15) is 7.05 Å². The van der Waals surface area contributed by atoms with Gasteiger partial charge in [-0.15, -0.1) is 0 Å². The average molecular weight is 275 g/mol. The van der Waals surface area contributed by atoms with Crippen LogP contribution in [-0.4, -0.2) is 0 Å². The topological polar surface area (TPSA) is 3.88 Å². The number of nitrogens with zero attached hydrogens (tertiary/aromatic N) is 1. The smallest absolute Gasteiger partial charge is 0.171 e. The Kier molecular flexibility index (Phi) is 3.50. The second-order valence-corrected chi connectivity index (χ2v) is 3.37. The van der Waals surface area contributed by atoms with Gasteiger partial charge in [-0.2, -0.15) is 0 Å². The molecule has 66 valence electrons. The molecule has 0 unspecified atom stereocenters. The van der Waals surface area contributed by atoms with Crippen molar-refractivity contribution in [3.63, 3.8) is 0 Å². The first-order valence-corrected chi connectivity index (χ1v) is 4.33. The molecule has 0 fully saturated rings. The maximum Gasteiger partial charge on any atom is 0.171 e. The summed E-state index contributed by atoms with van der Waals surface area (Å²) in [5.41, 5.74) is 3.12. The zero-order valence-electron chi connectivity index (χ0n) is 7.39. The first-order valence-electron chi connectivity index (χ1n) is 4.33. The number of aromatic nitrogens is 1. The molecule has 0 saturated carbocycles. The second-order valence-electron chi connectivity index (χ2n) is 3.37. The van der Waals surface area contributed by atoms with Crippen molar-refractivity contribution in [1.29, 1.82) is 0 Å². The van der Waals surface area contributed by atoms with Gasteiger partial charge in [-0.3, -0.25) is 0 Å². The van der Waals surface area contributed by atoms with E-state index in [9.17, 15) is 0 Å². The molecule has 1 nitrogen and oxygen atoms in total. The van der Waals surface area contributed by atoms with E-state index in [0.717, 1.165) is 0 Å². The van der Waals surface area contributed by atoms with Gasteiger partial charge < -0.3 is 24.0 Å². The van der Waals surface area contributed by atoms with Crippen LogP contribution < -0.4 is 28.5 Å². The largest absolute Gasteiger partial charge is 1.00 e. The number of rotatable bonds is 0. The molecule has 1 aromatic heterocycles. The maximum atomic E-state index is 2.26. The molecule has 2 rings (SSSR count). The van der Waals surface area contributed by atoms with Crippen LogP contribution in [0.1, 0.15) is 24.0 Å². The fourth-order valence-corrected chi connectivity index (χ4v) is 1.79. The molecule has 0 radical (unpaired) electrons. The molecule has 0 bridgehead atoms. The molecule has 12 heavy (non-hydrogen) atoms. The monoisotopic (exact) mass is 275 g/mol. The molecule has 1 aliphatic rings. The third-order valence-electron chi connectivity index (χ3n) is 2.43. The molecule has 0 N–H and O–H groups in total. The number of aryl methyl sites for hydroxylation is 3. The number of pyridine rings is 1. The van der Waals surface area contributed by atoms with Crippen molar-refractivity contribution in [3.8, 4) is 0 Å². The summed E-state index contributed by atoms with van der Waals surface area (Å²) in [4.78, 5) is 0. The van der Waals surface area contributed by atoms with E-state index in [0.29, 0.717) is 0 Å². The van der Waals surface area contributed by atoms with Gasteiger partial charge in [-0.25, -0.2) is 4.57 Å². The zero-order valence-corrected chi connectivity index (χ0v) is 9.54. The Morgan fingerprint density at radius 2 is 1.83 bits per heavy atom. The molecule has 1 heterocycles. The van der Waals surface area contributed by atoms with Crippen LogP contribution in [0.25, 0.3) is 0 Å². The van der Waals surface area contributed by atoms with E-state index in [-0.39, 0.29) is 24.0 Å². The van der Waals surface area contributed by atoms with E-state index in [1.165, 1.54) is 25.7 Å². The Hall–Kier alpha value is -0.120. The summed E-state index contributed by atoms with van der Waals surface area (Å²) < 4.78 is 2.14. The van der Waals surface area contributed by atoms with Crippen LogP contribution in [0.15, 0.2) is 18.5 Å². The summed E-state index contributed by atoms with van der Waals surface area (Å²) in [6.45, 7) is 0. The molecule has 0 aliphatic heterocycles. The lowest BCUT2D eigenvalue weighted by molar-refractivity contribution is -0.672. The Balaban J connectivity index is 0.000000720. The number of hydrogen-bond donors (Lipinski definition) is 0. The standard InChI is InChI=1S/C10H14N.HI/c1-11-7-6-9-4-2-3-5-10(9)8-11;/h6-8H,2-5H2,1H3;1H/q+1;/p-1. The zero-order chi connectivity index (χ0) is 7.68. The van der Waals surface area contributed by atoms with Gasteiger partial charge in [-0.05, 0) is 31.2 Å². The van der Waals surface area contributed by atoms with Crippen molar-refractivity contribution in [2.75, 3.05) is 0 Å². The van der Waals surface area contributed by atoms with E-state index < -0.39 is 0 Å². The lowest BCUT2D eigenvalue weighted by atomic mass is 9.94. The molecule has 2 heteroatoms. The van der Waals surface area contributed by atoms with Crippen molar-refractivity contribution < 1.29 is 28.5 Å². The van der Waals surface area contributed by atoms with Crippen molar-refractivity contribution in [3.05, 3.63) is 29.6 Å². The van der Waals surface area contributed by atoms with Crippen LogP contribution in [0.5, 0.6) is 0 Å². The van der Waals surface area contributed by atoms with E-state index >= 15 is 0 Å². The summed E-state index contributed by atoms with van der Waals surface area (Å²) in [6, 6.07) is 2.26. The van der Waals surface area contributed by atoms with Crippen LogP contribution >= 0.6 is 0 Å². The van der Waals surface area contributed by atoms with Crippen molar-refractivity contribution in [2.45, 2.75) is 25.7 Å². The predicted molar refractivity (Wildman–Crippen MR) is 44.3 cm³/mol. The number of hydrogen-bond acceptors (Lipinski definition) is 0. The van der Waals surface area contributed by atoms with Crippen LogP contribution in [0.2, 0.25) is 0 Å². The molecule has 0 aromatic carbocycles. The lowest BCUT2D eigenvalue weighted by Crippen LogP contribution is -3.00. The van der Waals surface area contributed by atoms with Gasteiger partial charge in [-0.1, -0.05) is 0 Å². The Morgan fingerprint density at radius 3 is 2.58 bits per heavy atom. The van der Waals surface area contributed by atoms with Gasteiger partial charge in [0, 0.05) is 11.6 Å². The molecular formula is C10H14IN. The minimum absolute atomic E-state index is 0. The lowest BCUT2D eigenvalue weighted by Gasteiger charge is -2.12. The van der Waals surface area contributed by atoms with Gasteiger partial charge in [0.25, 0.3) is 0 Å². The van der Waals surface area contributed by atoms with Crippen LogP contribution in [0.3, 0.4) is 0 Å². The van der Waals surface area contributed by atoms with Gasteiger partial charge >= 0.3 is 0 Å². The third kappa shape index (κ3) is 1.97. The maximum absolute atomic E-state index is 2.26. The number of halogens is 1. The highest BCUT2D eigenvalue weighted by molar-refractivity contribution is 5.23. The molecular weight excluding hydrogens is 261 g/mol. The SMILES string of the molecule is C[n+]1ccc2c(c1)CCCC2.[I-].